The predicted molar refractivity (Wildman–Crippen MR) is 121 cm³/mol. The minimum absolute atomic E-state index is 0.0243. The average Bonchev–Trinajstić information content (AvgIpc) is 3.29. The molecular formula is C23H18N4O5S. The minimum Gasteiger partial charge on any atom is -0.482 e. The Hall–Kier alpha value is -4.05. The van der Waals surface area contributed by atoms with Crippen molar-refractivity contribution in [1.29, 1.82) is 0 Å². The lowest BCUT2D eigenvalue weighted by molar-refractivity contribution is -0.119. The quantitative estimate of drug-likeness (QED) is 0.576. The maximum Gasteiger partial charge on any atom is 0.262 e. The second-order valence-corrected chi connectivity index (χ2v) is 8.87. The Balaban J connectivity index is 1.35. The molecule has 0 fully saturated rings. The molecule has 166 valence electrons. The van der Waals surface area contributed by atoms with E-state index in [0.29, 0.717) is 22.3 Å². The number of imide groups is 1. The summed E-state index contributed by atoms with van der Waals surface area (Å²) in [5.74, 6) is -1.16. The molecule has 1 aromatic heterocycles. The Kier molecular flexibility index (Phi) is 4.94. The predicted octanol–water partition coefficient (Wildman–Crippen LogP) is 3.07. The van der Waals surface area contributed by atoms with E-state index in [0.717, 1.165) is 15.3 Å². The van der Waals surface area contributed by atoms with Crippen LogP contribution in [0.5, 0.6) is 5.75 Å². The number of rotatable bonds is 4. The van der Waals surface area contributed by atoms with Gasteiger partial charge in [0.25, 0.3) is 17.7 Å². The van der Waals surface area contributed by atoms with Crippen LogP contribution in [0.15, 0.2) is 42.5 Å². The number of hydrogen-bond acceptors (Lipinski definition) is 7. The van der Waals surface area contributed by atoms with Crippen LogP contribution < -0.4 is 15.4 Å². The van der Waals surface area contributed by atoms with E-state index in [2.05, 4.69) is 15.6 Å². The number of carbonyl (C=O) groups excluding carboxylic acids is 4. The number of fused-ring (bicyclic) bond motifs is 2. The van der Waals surface area contributed by atoms with Crippen molar-refractivity contribution >= 4 is 45.8 Å². The van der Waals surface area contributed by atoms with E-state index in [-0.39, 0.29) is 23.6 Å². The van der Waals surface area contributed by atoms with Crippen LogP contribution in [0.25, 0.3) is 11.3 Å². The molecule has 2 aromatic carbocycles. The number of aryl methyl sites for hydroxylation is 1. The molecule has 9 nitrogen and oxygen atoms in total. The molecule has 2 N–H and O–H groups in total. The topological polar surface area (TPSA) is 118 Å². The van der Waals surface area contributed by atoms with Gasteiger partial charge in [0, 0.05) is 10.4 Å². The Morgan fingerprint density at radius 2 is 1.85 bits per heavy atom. The molecule has 0 saturated carbocycles. The average molecular weight is 462 g/mol. The Morgan fingerprint density at radius 1 is 1.15 bits per heavy atom. The highest BCUT2D eigenvalue weighted by atomic mass is 32.1. The van der Waals surface area contributed by atoms with Gasteiger partial charge in [-0.05, 0) is 44.2 Å². The highest BCUT2D eigenvalue weighted by molar-refractivity contribution is 7.16. The van der Waals surface area contributed by atoms with Gasteiger partial charge < -0.3 is 15.4 Å². The van der Waals surface area contributed by atoms with E-state index < -0.39 is 23.8 Å². The molecule has 5 rings (SSSR count). The fraction of sp³-hybridized carbons (Fsp3) is 0.174. The highest BCUT2D eigenvalue weighted by Gasteiger charge is 2.40. The standard InChI is InChI=1S/C23H18N4O5S/c1-11(27-21(30)14-5-3-4-6-15(14)22(27)31)20(29)26-23-25-19(12(2)33-23)13-7-8-17-16(9-13)24-18(28)10-32-17/h3-9,11H,10H2,1-2H3,(H,24,28)(H,25,26,29)/t11-/m0/s1. The fourth-order valence-corrected chi connectivity index (χ4v) is 4.67. The van der Waals surface area contributed by atoms with Crippen molar-refractivity contribution < 1.29 is 23.9 Å². The summed E-state index contributed by atoms with van der Waals surface area (Å²) in [5, 5.41) is 5.82. The van der Waals surface area contributed by atoms with Crippen molar-refractivity contribution in [2.45, 2.75) is 19.9 Å². The van der Waals surface area contributed by atoms with E-state index in [1.165, 1.54) is 18.3 Å². The Morgan fingerprint density at radius 3 is 2.55 bits per heavy atom. The van der Waals surface area contributed by atoms with Crippen LogP contribution >= 0.6 is 11.3 Å². The fourth-order valence-electron chi connectivity index (χ4n) is 3.83. The van der Waals surface area contributed by atoms with Crippen LogP contribution in [0.3, 0.4) is 0 Å². The SMILES string of the molecule is Cc1sc(NC(=O)[C@H](C)N2C(=O)c3ccccc3C2=O)nc1-c1ccc2c(c1)NC(=O)CO2. The third-order valence-corrected chi connectivity index (χ3v) is 6.39. The Bertz CT molecular complexity index is 1310. The van der Waals surface area contributed by atoms with Gasteiger partial charge in [-0.25, -0.2) is 4.98 Å². The van der Waals surface area contributed by atoms with Crippen LogP contribution in [-0.4, -0.2) is 46.2 Å². The summed E-state index contributed by atoms with van der Waals surface area (Å²) in [5.41, 5.74) is 2.53. The Labute approximate surface area is 192 Å². The molecule has 3 aromatic rings. The minimum atomic E-state index is -1.01. The maximum absolute atomic E-state index is 12.9. The lowest BCUT2D eigenvalue weighted by Crippen LogP contribution is -2.45. The van der Waals surface area contributed by atoms with Gasteiger partial charge in [-0.2, -0.15) is 0 Å². The number of carbonyl (C=O) groups is 4. The van der Waals surface area contributed by atoms with Gasteiger partial charge >= 0.3 is 0 Å². The third kappa shape index (κ3) is 3.54. The summed E-state index contributed by atoms with van der Waals surface area (Å²) in [6.07, 6.45) is 0. The first-order valence-corrected chi connectivity index (χ1v) is 11.0. The summed E-state index contributed by atoms with van der Waals surface area (Å²) >= 11 is 1.27. The zero-order valence-corrected chi connectivity index (χ0v) is 18.5. The molecule has 0 unspecified atom stereocenters. The molecule has 0 bridgehead atoms. The molecule has 4 amide bonds. The van der Waals surface area contributed by atoms with Crippen LogP contribution in [-0.2, 0) is 9.59 Å². The number of nitrogens with zero attached hydrogens (tertiary/aromatic N) is 2. The lowest BCUT2D eigenvalue weighted by Gasteiger charge is -2.21. The van der Waals surface area contributed by atoms with Gasteiger partial charge in [0.05, 0.1) is 22.5 Å². The van der Waals surface area contributed by atoms with Crippen molar-refractivity contribution in [2.75, 3.05) is 17.2 Å². The molecule has 3 heterocycles. The van der Waals surface area contributed by atoms with Crippen LogP contribution in [0.2, 0.25) is 0 Å². The normalized spacial score (nSPS) is 15.5. The number of hydrogen-bond donors (Lipinski definition) is 2. The monoisotopic (exact) mass is 462 g/mol. The summed E-state index contributed by atoms with van der Waals surface area (Å²) in [7, 11) is 0. The van der Waals surface area contributed by atoms with Gasteiger partial charge in [0.1, 0.15) is 11.8 Å². The molecule has 10 heteroatoms. The van der Waals surface area contributed by atoms with E-state index in [9.17, 15) is 19.2 Å². The largest absolute Gasteiger partial charge is 0.482 e. The second-order valence-electron chi connectivity index (χ2n) is 7.66. The molecule has 0 spiro atoms. The molecule has 2 aliphatic rings. The number of amides is 4. The summed E-state index contributed by atoms with van der Waals surface area (Å²) in [4.78, 5) is 56.1. The van der Waals surface area contributed by atoms with Crippen LogP contribution in [0, 0.1) is 6.92 Å². The van der Waals surface area contributed by atoms with Crippen molar-refractivity contribution in [3.05, 3.63) is 58.5 Å². The van der Waals surface area contributed by atoms with Gasteiger partial charge in [0.15, 0.2) is 11.7 Å². The molecule has 0 aliphatic carbocycles. The molecule has 0 saturated heterocycles. The zero-order valence-electron chi connectivity index (χ0n) is 17.7. The van der Waals surface area contributed by atoms with Gasteiger partial charge in [-0.15, -0.1) is 11.3 Å². The molecular weight excluding hydrogens is 444 g/mol. The van der Waals surface area contributed by atoms with E-state index in [1.54, 1.807) is 36.4 Å². The summed E-state index contributed by atoms with van der Waals surface area (Å²) < 4.78 is 5.38. The first kappa shape index (κ1) is 20.8. The van der Waals surface area contributed by atoms with E-state index >= 15 is 0 Å². The molecule has 0 radical (unpaired) electrons. The number of thiazole rings is 1. The zero-order chi connectivity index (χ0) is 23.3. The van der Waals surface area contributed by atoms with Crippen molar-refractivity contribution in [1.82, 2.24) is 9.88 Å². The first-order chi connectivity index (χ1) is 15.8. The molecule has 1 atom stereocenters. The summed E-state index contributed by atoms with van der Waals surface area (Å²) in [6.45, 7) is 3.35. The summed E-state index contributed by atoms with van der Waals surface area (Å²) in [6, 6.07) is 10.8. The van der Waals surface area contributed by atoms with Crippen LogP contribution in [0.1, 0.15) is 32.5 Å². The number of benzene rings is 2. The van der Waals surface area contributed by atoms with E-state index in [1.807, 2.05) is 13.0 Å². The van der Waals surface area contributed by atoms with Crippen LogP contribution in [0.4, 0.5) is 10.8 Å². The number of aromatic nitrogens is 1. The third-order valence-electron chi connectivity index (χ3n) is 5.50. The number of nitrogens with one attached hydrogen (secondary N) is 2. The highest BCUT2D eigenvalue weighted by Crippen LogP contribution is 2.36. The van der Waals surface area contributed by atoms with Crippen molar-refractivity contribution in [2.24, 2.45) is 0 Å². The number of anilines is 2. The molecule has 33 heavy (non-hydrogen) atoms. The molecule has 2 aliphatic heterocycles. The smallest absolute Gasteiger partial charge is 0.262 e. The van der Waals surface area contributed by atoms with Gasteiger partial charge in [0.2, 0.25) is 5.91 Å². The maximum atomic E-state index is 12.9. The van der Waals surface area contributed by atoms with Gasteiger partial charge in [-0.1, -0.05) is 12.1 Å². The van der Waals surface area contributed by atoms with Crippen molar-refractivity contribution in [3.63, 3.8) is 0 Å². The number of ether oxygens (including phenoxy) is 1. The van der Waals surface area contributed by atoms with Crippen molar-refractivity contribution in [3.8, 4) is 17.0 Å². The lowest BCUT2D eigenvalue weighted by atomic mass is 10.1. The van der Waals surface area contributed by atoms with E-state index in [4.69, 9.17) is 4.74 Å². The first-order valence-electron chi connectivity index (χ1n) is 10.2. The van der Waals surface area contributed by atoms with Gasteiger partial charge in [-0.3, -0.25) is 24.1 Å². The second kappa shape index (κ2) is 7.82.